The number of morpholine rings is 1. The van der Waals surface area contributed by atoms with Crippen molar-refractivity contribution >= 4 is 0 Å². The number of nitrogens with zero attached hydrogens (tertiary/aromatic N) is 1. The lowest BCUT2D eigenvalue weighted by atomic mass is 10.1. The lowest BCUT2D eigenvalue weighted by Gasteiger charge is -2.39. The van der Waals surface area contributed by atoms with Gasteiger partial charge in [-0.1, -0.05) is 6.58 Å². The van der Waals surface area contributed by atoms with E-state index in [0.29, 0.717) is 4.90 Å². The second-order valence-electron chi connectivity index (χ2n) is 4.29. The van der Waals surface area contributed by atoms with Gasteiger partial charge in [0.05, 0.1) is 11.7 Å². The highest BCUT2D eigenvalue weighted by Gasteiger charge is 2.48. The van der Waals surface area contributed by atoms with Crippen LogP contribution in [0.4, 0.5) is 30.7 Å². The van der Waals surface area contributed by atoms with Crippen LogP contribution in [0.15, 0.2) is 12.2 Å². The Morgan fingerprint density at radius 3 is 2.16 bits per heavy atom. The van der Waals surface area contributed by atoms with Crippen molar-refractivity contribution in [3.63, 3.8) is 0 Å². The number of rotatable bonds is 2. The second-order valence-corrected chi connectivity index (χ2v) is 4.29. The molecule has 0 N–H and O–H groups in total. The molecule has 19 heavy (non-hydrogen) atoms. The predicted octanol–water partition coefficient (Wildman–Crippen LogP) is 3.05. The average Bonchev–Trinajstić information content (AvgIpc) is 2.23. The quantitative estimate of drug-likeness (QED) is 0.441. The number of hydrogen-bond acceptors (Lipinski definition) is 2. The molecule has 1 aliphatic rings. The van der Waals surface area contributed by atoms with Crippen molar-refractivity contribution in [3.05, 3.63) is 12.2 Å². The van der Waals surface area contributed by atoms with Gasteiger partial charge < -0.3 is 4.74 Å². The third kappa shape index (κ3) is 4.07. The molecule has 0 saturated carbocycles. The highest BCUT2D eigenvalue weighted by molar-refractivity contribution is 5.09. The summed E-state index contributed by atoms with van der Waals surface area (Å²) in [6.45, 7) is 2.41. The Morgan fingerprint density at radius 1 is 1.21 bits per heavy atom. The molecule has 0 amide bonds. The first kappa shape index (κ1) is 16.2. The molecule has 1 aliphatic heterocycles. The molecular formula is C10H12F7NO. The van der Waals surface area contributed by atoms with Crippen molar-refractivity contribution in [3.8, 4) is 0 Å². The molecule has 0 bridgehead atoms. The molecule has 9 heteroatoms. The maximum atomic E-state index is 13.6. The summed E-state index contributed by atoms with van der Waals surface area (Å²) in [5, 5.41) is 0. The molecule has 2 nitrogen and oxygen atoms in total. The van der Waals surface area contributed by atoms with Gasteiger partial charge in [0.15, 0.2) is 12.4 Å². The first-order valence-corrected chi connectivity index (χ1v) is 5.29. The van der Waals surface area contributed by atoms with Crippen molar-refractivity contribution in [2.75, 3.05) is 13.1 Å². The van der Waals surface area contributed by atoms with E-state index >= 15 is 0 Å². The van der Waals surface area contributed by atoms with Crippen molar-refractivity contribution in [2.24, 2.45) is 0 Å². The van der Waals surface area contributed by atoms with Crippen LogP contribution in [0.25, 0.3) is 0 Å². The lowest BCUT2D eigenvalue weighted by Crippen LogP contribution is -2.55. The van der Waals surface area contributed by atoms with Crippen LogP contribution in [0.3, 0.4) is 0 Å². The summed E-state index contributed by atoms with van der Waals surface area (Å²) in [4.78, 5) is 0.433. The van der Waals surface area contributed by atoms with Gasteiger partial charge in [-0.05, 0) is 6.92 Å². The zero-order valence-corrected chi connectivity index (χ0v) is 9.85. The Labute approximate surface area is 104 Å². The number of hydrogen-bond donors (Lipinski definition) is 0. The standard InChI is InChI=1S/C10H12F7NO/c1-5-3-18(4-7(19-5)10(15,16)17)8(11)6(2)9(12,13)14/h5,7-8H,2-4H2,1H3. The fourth-order valence-electron chi connectivity index (χ4n) is 1.71. The maximum absolute atomic E-state index is 13.6. The van der Waals surface area contributed by atoms with Gasteiger partial charge in [0.1, 0.15) is 0 Å². The molecular weight excluding hydrogens is 283 g/mol. The Kier molecular flexibility index (Phi) is 4.51. The van der Waals surface area contributed by atoms with Crippen LogP contribution >= 0.6 is 0 Å². The zero-order valence-electron chi connectivity index (χ0n) is 9.85. The van der Waals surface area contributed by atoms with Crippen LogP contribution in [0, 0.1) is 0 Å². The Hall–Kier alpha value is -0.830. The van der Waals surface area contributed by atoms with E-state index in [1.165, 1.54) is 6.92 Å². The molecule has 0 spiro atoms. The SMILES string of the molecule is C=C(C(F)N1CC(C)OC(C(F)(F)F)C1)C(F)(F)F. The van der Waals surface area contributed by atoms with Crippen molar-refractivity contribution in [1.29, 1.82) is 0 Å². The van der Waals surface area contributed by atoms with Gasteiger partial charge in [-0.2, -0.15) is 26.3 Å². The van der Waals surface area contributed by atoms with Gasteiger partial charge in [0.25, 0.3) is 0 Å². The lowest BCUT2D eigenvalue weighted by molar-refractivity contribution is -0.257. The highest BCUT2D eigenvalue weighted by atomic mass is 19.4. The first-order valence-electron chi connectivity index (χ1n) is 5.29. The number of alkyl halides is 7. The van der Waals surface area contributed by atoms with E-state index in [1.54, 1.807) is 0 Å². The minimum absolute atomic E-state index is 0.372. The molecule has 0 aromatic heterocycles. The van der Waals surface area contributed by atoms with Gasteiger partial charge in [-0.3, -0.25) is 4.90 Å². The molecule has 3 atom stereocenters. The van der Waals surface area contributed by atoms with Crippen LogP contribution in [0.2, 0.25) is 0 Å². The minimum Gasteiger partial charge on any atom is -0.363 e. The molecule has 0 aliphatic carbocycles. The summed E-state index contributed by atoms with van der Waals surface area (Å²) >= 11 is 0. The average molecular weight is 295 g/mol. The van der Waals surface area contributed by atoms with E-state index in [9.17, 15) is 30.7 Å². The second kappa shape index (κ2) is 5.28. The summed E-state index contributed by atoms with van der Waals surface area (Å²) in [5.41, 5.74) is -1.72. The maximum Gasteiger partial charge on any atom is 0.416 e. The van der Waals surface area contributed by atoms with Gasteiger partial charge >= 0.3 is 12.4 Å². The first-order chi connectivity index (χ1) is 8.43. The Morgan fingerprint density at radius 2 is 1.74 bits per heavy atom. The van der Waals surface area contributed by atoms with Crippen LogP contribution in [-0.4, -0.2) is 48.8 Å². The van der Waals surface area contributed by atoms with Crippen LogP contribution < -0.4 is 0 Å². The number of ether oxygens (including phenoxy) is 1. The molecule has 112 valence electrons. The van der Waals surface area contributed by atoms with Crippen LogP contribution in [-0.2, 0) is 4.74 Å². The molecule has 1 fully saturated rings. The fourth-order valence-corrected chi connectivity index (χ4v) is 1.71. The summed E-state index contributed by atoms with van der Waals surface area (Å²) < 4.78 is 92.3. The topological polar surface area (TPSA) is 12.5 Å². The van der Waals surface area contributed by atoms with Gasteiger partial charge in [-0.25, -0.2) is 4.39 Å². The summed E-state index contributed by atoms with van der Waals surface area (Å²) in [5.74, 6) is 0. The molecule has 0 radical (unpaired) electrons. The number of halogens is 7. The van der Waals surface area contributed by atoms with E-state index in [2.05, 4.69) is 11.3 Å². The van der Waals surface area contributed by atoms with E-state index in [-0.39, 0.29) is 6.54 Å². The molecule has 1 saturated heterocycles. The highest BCUT2D eigenvalue weighted by Crippen LogP contribution is 2.33. The zero-order chi connectivity index (χ0) is 15.0. The predicted molar refractivity (Wildman–Crippen MR) is 52.1 cm³/mol. The normalized spacial score (nSPS) is 28.2. The molecule has 3 unspecified atom stereocenters. The summed E-state index contributed by atoms with van der Waals surface area (Å²) in [6.07, 6.45) is -15.8. The minimum atomic E-state index is -4.99. The molecule has 0 aromatic rings. The van der Waals surface area contributed by atoms with Crippen LogP contribution in [0.1, 0.15) is 6.92 Å². The third-order valence-corrected chi connectivity index (χ3v) is 2.63. The van der Waals surface area contributed by atoms with Gasteiger partial charge in [-0.15, -0.1) is 0 Å². The monoisotopic (exact) mass is 295 g/mol. The van der Waals surface area contributed by atoms with Crippen molar-refractivity contribution < 1.29 is 35.5 Å². The van der Waals surface area contributed by atoms with Crippen LogP contribution in [0.5, 0.6) is 0 Å². The summed E-state index contributed by atoms with van der Waals surface area (Å²) in [6, 6.07) is 0. The van der Waals surface area contributed by atoms with E-state index in [4.69, 9.17) is 0 Å². The molecule has 1 heterocycles. The smallest absolute Gasteiger partial charge is 0.363 e. The molecule has 0 aromatic carbocycles. The largest absolute Gasteiger partial charge is 0.416 e. The fraction of sp³-hybridized carbons (Fsp3) is 0.800. The van der Waals surface area contributed by atoms with Crippen molar-refractivity contribution in [1.82, 2.24) is 4.90 Å². The third-order valence-electron chi connectivity index (χ3n) is 2.63. The van der Waals surface area contributed by atoms with Gasteiger partial charge in [0.2, 0.25) is 0 Å². The van der Waals surface area contributed by atoms with E-state index < -0.39 is 43.0 Å². The van der Waals surface area contributed by atoms with Crippen molar-refractivity contribution in [2.45, 2.75) is 37.8 Å². The molecule has 1 rings (SSSR count). The summed E-state index contributed by atoms with van der Waals surface area (Å²) in [7, 11) is 0. The van der Waals surface area contributed by atoms with E-state index in [1.807, 2.05) is 0 Å². The van der Waals surface area contributed by atoms with Gasteiger partial charge in [0, 0.05) is 13.1 Å². The van der Waals surface area contributed by atoms with E-state index in [0.717, 1.165) is 0 Å². The Balaban J connectivity index is 2.80. The Bertz CT molecular complexity index is 338.